The molecule has 26 heavy (non-hydrogen) atoms. The van der Waals surface area contributed by atoms with Gasteiger partial charge in [-0.3, -0.25) is 4.79 Å². The van der Waals surface area contributed by atoms with Crippen molar-refractivity contribution in [2.75, 3.05) is 0 Å². The fraction of sp³-hybridized carbons (Fsp3) is 0.278. The highest BCUT2D eigenvalue weighted by Crippen LogP contribution is 2.55. The predicted octanol–water partition coefficient (Wildman–Crippen LogP) is 3.69. The van der Waals surface area contributed by atoms with Crippen LogP contribution >= 0.6 is 0 Å². The SMILES string of the molecule is Cc1ccccc1[C@H]1N(S(=O)(=O)C(F)(F)F)C(=O)[C@]1(C)c1ccccc1. The largest absolute Gasteiger partial charge is 0.516 e. The van der Waals surface area contributed by atoms with Crippen molar-refractivity contribution >= 4 is 15.9 Å². The second-order valence-corrected chi connectivity index (χ2v) is 8.19. The molecule has 138 valence electrons. The zero-order chi connectivity index (χ0) is 19.3. The van der Waals surface area contributed by atoms with E-state index >= 15 is 0 Å². The summed E-state index contributed by atoms with van der Waals surface area (Å²) in [5.74, 6) is -1.09. The van der Waals surface area contributed by atoms with E-state index in [1.807, 2.05) is 0 Å². The van der Waals surface area contributed by atoms with Crippen LogP contribution in [-0.4, -0.2) is 24.1 Å². The monoisotopic (exact) mass is 383 g/mol. The van der Waals surface area contributed by atoms with Gasteiger partial charge in [-0.05, 0) is 30.5 Å². The first-order valence-electron chi connectivity index (χ1n) is 7.79. The fourth-order valence-electron chi connectivity index (χ4n) is 3.39. The van der Waals surface area contributed by atoms with Crippen LogP contribution in [0.1, 0.15) is 29.7 Å². The minimum absolute atomic E-state index is 0.0255. The smallest absolute Gasteiger partial charge is 0.273 e. The van der Waals surface area contributed by atoms with Gasteiger partial charge >= 0.3 is 15.5 Å². The zero-order valence-electron chi connectivity index (χ0n) is 14.0. The number of amides is 1. The molecule has 2 atom stereocenters. The maximum Gasteiger partial charge on any atom is 0.516 e. The molecule has 3 rings (SSSR count). The van der Waals surface area contributed by atoms with E-state index in [4.69, 9.17) is 0 Å². The lowest BCUT2D eigenvalue weighted by atomic mass is 9.66. The van der Waals surface area contributed by atoms with Gasteiger partial charge < -0.3 is 0 Å². The number of carbonyl (C=O) groups is 1. The van der Waals surface area contributed by atoms with Gasteiger partial charge in [0.2, 0.25) is 5.91 Å². The third kappa shape index (κ3) is 2.43. The minimum atomic E-state index is -5.80. The van der Waals surface area contributed by atoms with Gasteiger partial charge in [-0.15, -0.1) is 0 Å². The second-order valence-electron chi connectivity index (χ2n) is 6.38. The lowest BCUT2D eigenvalue weighted by molar-refractivity contribution is -0.152. The van der Waals surface area contributed by atoms with Gasteiger partial charge in [-0.25, -0.2) is 4.31 Å². The summed E-state index contributed by atoms with van der Waals surface area (Å²) in [6.45, 7) is 3.14. The summed E-state index contributed by atoms with van der Waals surface area (Å²) < 4.78 is 63.5. The van der Waals surface area contributed by atoms with Crippen molar-refractivity contribution in [1.29, 1.82) is 0 Å². The predicted molar refractivity (Wildman–Crippen MR) is 89.5 cm³/mol. The summed E-state index contributed by atoms with van der Waals surface area (Å²) in [6.07, 6.45) is 0. The fourth-order valence-corrected chi connectivity index (χ4v) is 4.62. The standard InChI is InChI=1S/C18H16F3NO3S/c1-12-8-6-7-11-14(12)15-17(2,13-9-4-3-5-10-13)16(23)22(15)26(24,25)18(19,20)21/h3-11,15H,1-2H3/t15-,17-/m1/s1. The molecule has 8 heteroatoms. The van der Waals surface area contributed by atoms with Gasteiger partial charge in [0.15, 0.2) is 0 Å². The van der Waals surface area contributed by atoms with E-state index in [-0.39, 0.29) is 4.31 Å². The topological polar surface area (TPSA) is 54.5 Å². The molecule has 0 aromatic heterocycles. The van der Waals surface area contributed by atoms with Crippen LogP contribution in [0.2, 0.25) is 0 Å². The van der Waals surface area contributed by atoms with Crippen LogP contribution in [0.5, 0.6) is 0 Å². The van der Waals surface area contributed by atoms with E-state index in [2.05, 4.69) is 0 Å². The number of aryl methyl sites for hydroxylation is 1. The molecule has 0 N–H and O–H groups in total. The number of nitrogens with zero attached hydrogens (tertiary/aromatic N) is 1. The average Bonchev–Trinajstić information content (AvgIpc) is 2.59. The Kier molecular flexibility index (Phi) is 4.14. The number of hydrogen-bond acceptors (Lipinski definition) is 3. The normalized spacial score (nSPS) is 23.7. The highest BCUT2D eigenvalue weighted by Gasteiger charge is 2.68. The Morgan fingerprint density at radius 1 is 1.00 bits per heavy atom. The van der Waals surface area contributed by atoms with E-state index in [1.54, 1.807) is 61.5 Å². The Hall–Kier alpha value is -2.35. The summed E-state index contributed by atoms with van der Waals surface area (Å²) in [5, 5.41) is 0. The van der Waals surface area contributed by atoms with Crippen molar-refractivity contribution < 1.29 is 26.4 Å². The van der Waals surface area contributed by atoms with Crippen LogP contribution < -0.4 is 0 Å². The maximum atomic E-state index is 13.1. The summed E-state index contributed by atoms with van der Waals surface area (Å²) in [7, 11) is -5.80. The molecule has 0 radical (unpaired) electrons. The first-order valence-corrected chi connectivity index (χ1v) is 9.23. The molecule has 2 aromatic rings. The van der Waals surface area contributed by atoms with Crippen molar-refractivity contribution in [3.8, 4) is 0 Å². The van der Waals surface area contributed by atoms with Crippen molar-refractivity contribution in [3.05, 3.63) is 71.3 Å². The first-order chi connectivity index (χ1) is 12.0. The van der Waals surface area contributed by atoms with E-state index < -0.39 is 32.9 Å². The Balaban J connectivity index is 2.23. The van der Waals surface area contributed by atoms with Crippen LogP contribution in [0.15, 0.2) is 54.6 Å². The number of carbonyl (C=O) groups excluding carboxylic acids is 1. The highest BCUT2D eigenvalue weighted by molar-refractivity contribution is 7.90. The Bertz CT molecular complexity index is 957. The van der Waals surface area contributed by atoms with E-state index in [9.17, 15) is 26.4 Å². The molecule has 1 saturated heterocycles. The molecule has 0 unspecified atom stereocenters. The maximum absolute atomic E-state index is 13.1. The quantitative estimate of drug-likeness (QED) is 0.760. The zero-order valence-corrected chi connectivity index (χ0v) is 14.8. The average molecular weight is 383 g/mol. The molecule has 1 fully saturated rings. The van der Waals surface area contributed by atoms with Gasteiger partial charge in [0.1, 0.15) is 0 Å². The Morgan fingerprint density at radius 2 is 1.54 bits per heavy atom. The molecule has 4 nitrogen and oxygen atoms in total. The van der Waals surface area contributed by atoms with Gasteiger partial charge in [0, 0.05) is 0 Å². The summed E-state index contributed by atoms with van der Waals surface area (Å²) in [5.41, 5.74) is -5.53. The number of alkyl halides is 3. The van der Waals surface area contributed by atoms with Crippen molar-refractivity contribution in [2.45, 2.75) is 30.8 Å². The van der Waals surface area contributed by atoms with Crippen LogP contribution in [0.25, 0.3) is 0 Å². The van der Waals surface area contributed by atoms with Crippen LogP contribution in [-0.2, 0) is 20.2 Å². The molecular formula is C18H16F3NO3S. The molecule has 2 aromatic carbocycles. The molecule has 1 amide bonds. The van der Waals surface area contributed by atoms with Gasteiger partial charge in [0.25, 0.3) is 0 Å². The lowest BCUT2D eigenvalue weighted by Crippen LogP contribution is -2.68. The summed E-state index contributed by atoms with van der Waals surface area (Å²) in [4.78, 5) is 12.7. The van der Waals surface area contributed by atoms with Crippen LogP contribution in [0.3, 0.4) is 0 Å². The number of benzene rings is 2. The first kappa shape index (κ1) is 18.4. The van der Waals surface area contributed by atoms with Crippen molar-refractivity contribution in [2.24, 2.45) is 0 Å². The second kappa shape index (κ2) is 5.84. The number of halogens is 3. The van der Waals surface area contributed by atoms with E-state index in [0.29, 0.717) is 16.7 Å². The molecule has 1 aliphatic rings. The minimum Gasteiger partial charge on any atom is -0.273 e. The number of β-lactam (4-membered cyclic amide) rings is 1. The molecule has 0 aliphatic carbocycles. The molecule has 0 saturated carbocycles. The van der Waals surface area contributed by atoms with Gasteiger partial charge in [-0.2, -0.15) is 21.6 Å². The Labute approximate surface area is 149 Å². The third-order valence-corrected chi connectivity index (χ3v) is 6.31. The van der Waals surface area contributed by atoms with Crippen LogP contribution in [0.4, 0.5) is 13.2 Å². The third-order valence-electron chi connectivity index (χ3n) is 4.83. The Morgan fingerprint density at radius 3 is 2.08 bits per heavy atom. The summed E-state index contributed by atoms with van der Waals surface area (Å²) in [6, 6.07) is 13.5. The van der Waals surface area contributed by atoms with Crippen molar-refractivity contribution in [3.63, 3.8) is 0 Å². The summed E-state index contributed by atoms with van der Waals surface area (Å²) >= 11 is 0. The van der Waals surface area contributed by atoms with Gasteiger partial charge in [0.05, 0.1) is 11.5 Å². The van der Waals surface area contributed by atoms with E-state index in [1.165, 1.54) is 6.92 Å². The van der Waals surface area contributed by atoms with E-state index in [0.717, 1.165) is 0 Å². The molecule has 0 spiro atoms. The molecule has 1 aliphatic heterocycles. The molecular weight excluding hydrogens is 367 g/mol. The van der Waals surface area contributed by atoms with Crippen molar-refractivity contribution in [1.82, 2.24) is 4.31 Å². The van der Waals surface area contributed by atoms with Gasteiger partial charge in [-0.1, -0.05) is 54.6 Å². The van der Waals surface area contributed by atoms with Crippen LogP contribution in [0, 0.1) is 6.92 Å². The highest BCUT2D eigenvalue weighted by atomic mass is 32.2. The lowest BCUT2D eigenvalue weighted by Gasteiger charge is -2.53. The molecule has 0 bridgehead atoms. The number of sulfonamides is 1. The molecule has 1 heterocycles. The number of rotatable bonds is 3. The number of hydrogen-bond donors (Lipinski definition) is 0.